The molecule has 0 saturated heterocycles. The van der Waals surface area contributed by atoms with Gasteiger partial charge in [-0.1, -0.05) is 0 Å². The molecule has 0 aromatic rings. The fourth-order valence-corrected chi connectivity index (χ4v) is 0.988. The van der Waals surface area contributed by atoms with Crippen LogP contribution in [0.25, 0.3) is 0 Å². The van der Waals surface area contributed by atoms with E-state index in [4.69, 9.17) is 10.5 Å². The van der Waals surface area contributed by atoms with E-state index in [-0.39, 0.29) is 6.08 Å². The van der Waals surface area contributed by atoms with Crippen LogP contribution in [-0.4, -0.2) is 5.92 Å². The van der Waals surface area contributed by atoms with Gasteiger partial charge in [-0.3, -0.25) is 0 Å². The van der Waals surface area contributed by atoms with Crippen LogP contribution in [0.2, 0.25) is 0 Å². The van der Waals surface area contributed by atoms with Crippen LogP contribution in [0.1, 0.15) is 0 Å². The quantitative estimate of drug-likeness (QED) is 0.566. The lowest BCUT2D eigenvalue weighted by Crippen LogP contribution is -2.29. The Morgan fingerprint density at radius 2 is 1.86 bits per heavy atom. The molecule has 6 heteroatoms. The maximum Gasteiger partial charge on any atom is 0.290 e. The second-order valence-electron chi connectivity index (χ2n) is 2.57. The van der Waals surface area contributed by atoms with Crippen molar-refractivity contribution < 1.29 is 17.6 Å². The van der Waals surface area contributed by atoms with E-state index >= 15 is 0 Å². The van der Waals surface area contributed by atoms with Crippen molar-refractivity contribution in [3.05, 3.63) is 23.3 Å². The normalized spacial score (nSPS) is 25.0. The molecule has 1 unspecified atom stereocenters. The lowest BCUT2D eigenvalue weighted by atomic mass is 9.92. The molecule has 1 atom stereocenters. The fourth-order valence-electron chi connectivity index (χ4n) is 0.988. The second-order valence-corrected chi connectivity index (χ2v) is 2.57. The van der Waals surface area contributed by atoms with Gasteiger partial charge in [-0.05, 0) is 0 Å². The van der Waals surface area contributed by atoms with Crippen LogP contribution in [0.5, 0.6) is 0 Å². The minimum atomic E-state index is -3.85. The van der Waals surface area contributed by atoms with Gasteiger partial charge in [0.05, 0.1) is 11.6 Å². The molecule has 0 aliphatic heterocycles. The van der Waals surface area contributed by atoms with E-state index in [1.165, 1.54) is 0 Å². The van der Waals surface area contributed by atoms with E-state index in [0.717, 1.165) is 12.1 Å². The van der Waals surface area contributed by atoms with Crippen molar-refractivity contribution in [2.24, 2.45) is 5.92 Å². The molecule has 0 N–H and O–H groups in total. The lowest BCUT2D eigenvalue weighted by molar-refractivity contribution is 0.0149. The zero-order valence-corrected chi connectivity index (χ0v) is 6.56. The van der Waals surface area contributed by atoms with Gasteiger partial charge in [0.1, 0.15) is 6.07 Å². The van der Waals surface area contributed by atoms with Crippen LogP contribution >= 0.6 is 0 Å². The predicted molar refractivity (Wildman–Crippen MR) is 37.0 cm³/mol. The van der Waals surface area contributed by atoms with E-state index < -0.39 is 29.1 Å². The van der Waals surface area contributed by atoms with Gasteiger partial charge >= 0.3 is 0 Å². The third kappa shape index (κ3) is 1.35. The third-order valence-corrected chi connectivity index (χ3v) is 1.67. The average Bonchev–Trinajstić information content (AvgIpc) is 2.12. The molecule has 0 spiro atoms. The van der Waals surface area contributed by atoms with Crippen LogP contribution in [-0.2, 0) is 0 Å². The van der Waals surface area contributed by atoms with Crippen molar-refractivity contribution in [1.82, 2.24) is 0 Å². The van der Waals surface area contributed by atoms with Crippen LogP contribution in [0.4, 0.5) is 17.6 Å². The van der Waals surface area contributed by atoms with Crippen molar-refractivity contribution in [1.29, 1.82) is 10.5 Å². The zero-order valence-electron chi connectivity index (χ0n) is 6.56. The molecular formula is C8H2F4N2. The highest BCUT2D eigenvalue weighted by molar-refractivity contribution is 5.46. The van der Waals surface area contributed by atoms with Gasteiger partial charge in [0.25, 0.3) is 5.92 Å². The van der Waals surface area contributed by atoms with E-state index in [1.807, 2.05) is 0 Å². The Labute approximate surface area is 76.4 Å². The summed E-state index contributed by atoms with van der Waals surface area (Å²) in [4.78, 5) is 0. The summed E-state index contributed by atoms with van der Waals surface area (Å²) in [6.45, 7) is 0. The highest BCUT2D eigenvalue weighted by Gasteiger charge is 2.46. The number of halogens is 4. The minimum absolute atomic E-state index is 0.0424. The second kappa shape index (κ2) is 3.15. The number of nitrogens with zero attached hydrogens (tertiary/aromatic N) is 2. The van der Waals surface area contributed by atoms with Crippen molar-refractivity contribution in [2.75, 3.05) is 0 Å². The van der Waals surface area contributed by atoms with Crippen LogP contribution in [0, 0.1) is 28.6 Å². The zero-order chi connectivity index (χ0) is 10.9. The molecule has 0 saturated carbocycles. The van der Waals surface area contributed by atoms with Crippen LogP contribution < -0.4 is 0 Å². The Bertz CT molecular complexity index is 408. The molecule has 0 aromatic carbocycles. The van der Waals surface area contributed by atoms with Crippen molar-refractivity contribution >= 4 is 0 Å². The third-order valence-electron chi connectivity index (χ3n) is 1.67. The summed E-state index contributed by atoms with van der Waals surface area (Å²) in [7, 11) is 0. The first kappa shape index (κ1) is 10.3. The molecule has 1 aliphatic carbocycles. The average molecular weight is 202 g/mol. The monoisotopic (exact) mass is 202 g/mol. The molecule has 0 heterocycles. The van der Waals surface area contributed by atoms with Crippen LogP contribution in [0.15, 0.2) is 23.3 Å². The number of allylic oxidation sites excluding steroid dienone is 4. The molecule has 0 radical (unpaired) electrons. The molecule has 0 aromatic heterocycles. The molecule has 0 bridgehead atoms. The molecule has 2 nitrogen and oxygen atoms in total. The van der Waals surface area contributed by atoms with E-state index in [0.29, 0.717) is 0 Å². The summed E-state index contributed by atoms with van der Waals surface area (Å²) in [6, 6.07) is 2.03. The van der Waals surface area contributed by atoms with Gasteiger partial charge in [-0.15, -0.1) is 0 Å². The molecule has 0 fully saturated rings. The van der Waals surface area contributed by atoms with Gasteiger partial charge in [-0.25, -0.2) is 8.78 Å². The molecule has 0 amide bonds. The molecule has 14 heavy (non-hydrogen) atoms. The Kier molecular flexibility index (Phi) is 2.31. The standard InChI is InChI=1S/C8H2F4N2/c9-6-4(2-13)1-8(11,12)5(3-14)7(6)10/h1,5H. The first-order chi connectivity index (χ1) is 6.44. The Morgan fingerprint density at radius 3 is 2.29 bits per heavy atom. The largest absolute Gasteiger partial charge is 0.290 e. The van der Waals surface area contributed by atoms with E-state index in [1.54, 1.807) is 0 Å². The molecule has 1 aliphatic rings. The summed E-state index contributed by atoms with van der Waals surface area (Å²) in [5.74, 6) is -9.92. The summed E-state index contributed by atoms with van der Waals surface area (Å²) in [5, 5.41) is 16.4. The van der Waals surface area contributed by atoms with Gasteiger partial charge < -0.3 is 0 Å². The summed E-state index contributed by atoms with van der Waals surface area (Å²) < 4.78 is 51.2. The van der Waals surface area contributed by atoms with Gasteiger partial charge in [0.15, 0.2) is 17.6 Å². The maximum atomic E-state index is 12.8. The van der Waals surface area contributed by atoms with E-state index in [2.05, 4.69) is 0 Å². The number of hydrogen-bond donors (Lipinski definition) is 0. The minimum Gasteiger partial charge on any atom is -0.207 e. The maximum absolute atomic E-state index is 12.8. The van der Waals surface area contributed by atoms with E-state index in [9.17, 15) is 17.6 Å². The molecule has 1 rings (SSSR count). The first-order valence-corrected chi connectivity index (χ1v) is 3.40. The number of alkyl halides is 2. The molecular weight excluding hydrogens is 200 g/mol. The number of nitriles is 2. The topological polar surface area (TPSA) is 47.6 Å². The highest BCUT2D eigenvalue weighted by atomic mass is 19.3. The van der Waals surface area contributed by atoms with Crippen molar-refractivity contribution in [2.45, 2.75) is 5.92 Å². The fraction of sp³-hybridized carbons (Fsp3) is 0.250. The SMILES string of the molecule is N#CC1=CC(F)(F)C(C#N)C(F)=C1F. The highest BCUT2D eigenvalue weighted by Crippen LogP contribution is 2.40. The van der Waals surface area contributed by atoms with Gasteiger partial charge in [-0.2, -0.15) is 19.3 Å². The van der Waals surface area contributed by atoms with Gasteiger partial charge in [0.2, 0.25) is 0 Å². The number of rotatable bonds is 0. The Balaban J connectivity index is 3.33. The first-order valence-electron chi connectivity index (χ1n) is 3.40. The number of hydrogen-bond acceptors (Lipinski definition) is 2. The Morgan fingerprint density at radius 1 is 1.29 bits per heavy atom. The van der Waals surface area contributed by atoms with Crippen LogP contribution in [0.3, 0.4) is 0 Å². The molecule has 72 valence electrons. The Hall–Kier alpha value is -1.82. The predicted octanol–water partition coefficient (Wildman–Crippen LogP) is 2.38. The summed E-state index contributed by atoms with van der Waals surface area (Å²) >= 11 is 0. The lowest BCUT2D eigenvalue weighted by Gasteiger charge is -2.21. The summed E-state index contributed by atoms with van der Waals surface area (Å²) in [6.07, 6.45) is -0.0424. The summed E-state index contributed by atoms with van der Waals surface area (Å²) in [5.41, 5.74) is -1.08. The van der Waals surface area contributed by atoms with Gasteiger partial charge in [0, 0.05) is 6.08 Å². The smallest absolute Gasteiger partial charge is 0.207 e. The van der Waals surface area contributed by atoms with Crippen molar-refractivity contribution in [3.63, 3.8) is 0 Å². The van der Waals surface area contributed by atoms with Crippen molar-refractivity contribution in [3.8, 4) is 12.1 Å².